The van der Waals surface area contributed by atoms with Crippen molar-refractivity contribution in [2.75, 3.05) is 13.1 Å². The maximum absolute atomic E-state index is 4.07. The highest BCUT2D eigenvalue weighted by atomic mass is 79.9. The summed E-state index contributed by atoms with van der Waals surface area (Å²) in [4.78, 5) is 7.85. The quantitative estimate of drug-likeness (QED) is 0.811. The fourth-order valence-corrected chi connectivity index (χ4v) is 2.66. The lowest BCUT2D eigenvalue weighted by Gasteiger charge is -2.24. The molecule has 0 radical (unpaired) electrons. The zero-order chi connectivity index (χ0) is 9.10. The van der Waals surface area contributed by atoms with Crippen molar-refractivity contribution in [2.24, 2.45) is 0 Å². The molecule has 13 heavy (non-hydrogen) atoms. The average Bonchev–Trinajstić information content (AvgIpc) is 2.57. The van der Waals surface area contributed by atoms with Gasteiger partial charge in [0.2, 0.25) is 0 Å². The molecule has 70 valence electrons. The molecular weight excluding hydrogens is 248 g/mol. The maximum Gasteiger partial charge on any atom is 0.0794 e. The molecule has 0 saturated carbocycles. The Labute approximate surface area is 90.4 Å². The molecule has 0 bridgehead atoms. The first kappa shape index (κ1) is 9.37. The summed E-state index contributed by atoms with van der Waals surface area (Å²) in [6.07, 6.45) is 5.36. The second-order valence-corrected chi connectivity index (χ2v) is 5.11. The standard InChI is InChI=1S/C9H11BrN2S/c10-8-2-1-3-12(5-8)6-9-4-11-7-13-9/h2,4,7H,1,3,5-6H2. The van der Waals surface area contributed by atoms with Crippen molar-refractivity contribution in [1.29, 1.82) is 0 Å². The van der Waals surface area contributed by atoms with Crippen LogP contribution in [0.3, 0.4) is 0 Å². The molecule has 1 aliphatic rings. The van der Waals surface area contributed by atoms with Gasteiger partial charge in [0.25, 0.3) is 0 Å². The minimum Gasteiger partial charge on any atom is -0.293 e. The molecule has 0 amide bonds. The van der Waals surface area contributed by atoms with Gasteiger partial charge in [-0.05, 0) is 6.42 Å². The van der Waals surface area contributed by atoms with Gasteiger partial charge in [0.15, 0.2) is 0 Å². The van der Waals surface area contributed by atoms with E-state index < -0.39 is 0 Å². The van der Waals surface area contributed by atoms with Crippen LogP contribution in [-0.2, 0) is 6.54 Å². The summed E-state index contributed by atoms with van der Waals surface area (Å²) < 4.78 is 1.31. The summed E-state index contributed by atoms with van der Waals surface area (Å²) in [5.74, 6) is 0. The van der Waals surface area contributed by atoms with Gasteiger partial charge in [-0.1, -0.05) is 22.0 Å². The molecule has 4 heteroatoms. The Kier molecular flexibility index (Phi) is 3.14. The largest absolute Gasteiger partial charge is 0.293 e. The fraction of sp³-hybridized carbons (Fsp3) is 0.444. The predicted molar refractivity (Wildman–Crippen MR) is 59.0 cm³/mol. The van der Waals surface area contributed by atoms with E-state index >= 15 is 0 Å². The molecule has 0 aliphatic carbocycles. The summed E-state index contributed by atoms with van der Waals surface area (Å²) in [6.45, 7) is 3.23. The predicted octanol–water partition coefficient (Wildman–Crippen LogP) is 2.63. The molecule has 0 N–H and O–H groups in total. The summed E-state index contributed by atoms with van der Waals surface area (Å²) in [5, 5.41) is 0. The second-order valence-electron chi connectivity index (χ2n) is 3.12. The van der Waals surface area contributed by atoms with Crippen LogP contribution in [0.25, 0.3) is 0 Å². The fourth-order valence-electron chi connectivity index (χ4n) is 1.44. The number of thiazole rings is 1. The molecule has 2 heterocycles. The Bertz CT molecular complexity index is 295. The van der Waals surface area contributed by atoms with Gasteiger partial charge in [-0.3, -0.25) is 9.88 Å². The van der Waals surface area contributed by atoms with E-state index in [2.05, 4.69) is 31.9 Å². The van der Waals surface area contributed by atoms with E-state index in [4.69, 9.17) is 0 Å². The molecule has 0 atom stereocenters. The van der Waals surface area contributed by atoms with Crippen LogP contribution in [0.5, 0.6) is 0 Å². The van der Waals surface area contributed by atoms with Crippen molar-refractivity contribution in [3.63, 3.8) is 0 Å². The van der Waals surface area contributed by atoms with Crippen LogP contribution in [0.15, 0.2) is 22.3 Å². The van der Waals surface area contributed by atoms with Gasteiger partial charge in [0.1, 0.15) is 0 Å². The summed E-state index contributed by atoms with van der Waals surface area (Å²) in [6, 6.07) is 0. The number of nitrogens with zero attached hydrogens (tertiary/aromatic N) is 2. The van der Waals surface area contributed by atoms with Crippen LogP contribution in [0.2, 0.25) is 0 Å². The second kappa shape index (κ2) is 4.35. The van der Waals surface area contributed by atoms with Gasteiger partial charge in [-0.25, -0.2) is 0 Å². The number of hydrogen-bond donors (Lipinski definition) is 0. The molecule has 1 aliphatic heterocycles. The zero-order valence-electron chi connectivity index (χ0n) is 7.24. The van der Waals surface area contributed by atoms with Crippen LogP contribution in [0.1, 0.15) is 11.3 Å². The van der Waals surface area contributed by atoms with Crippen LogP contribution in [0.4, 0.5) is 0 Å². The molecule has 1 aromatic rings. The molecule has 0 saturated heterocycles. The lowest BCUT2D eigenvalue weighted by atomic mass is 10.2. The Hall–Kier alpha value is -0.190. The van der Waals surface area contributed by atoms with Crippen LogP contribution in [0, 0.1) is 0 Å². The first-order valence-corrected chi connectivity index (χ1v) is 5.96. The van der Waals surface area contributed by atoms with E-state index in [9.17, 15) is 0 Å². The number of aromatic nitrogens is 1. The molecule has 0 fully saturated rings. The van der Waals surface area contributed by atoms with E-state index in [0.717, 1.165) is 26.1 Å². The van der Waals surface area contributed by atoms with Gasteiger partial charge in [-0.15, -0.1) is 11.3 Å². The van der Waals surface area contributed by atoms with E-state index in [1.807, 2.05) is 11.7 Å². The molecule has 0 aromatic carbocycles. The summed E-state index contributed by atoms with van der Waals surface area (Å²) in [7, 11) is 0. The Balaban J connectivity index is 1.93. The van der Waals surface area contributed by atoms with E-state index in [0.29, 0.717) is 0 Å². The third kappa shape index (κ3) is 2.62. The molecular formula is C9H11BrN2S. The lowest BCUT2D eigenvalue weighted by Crippen LogP contribution is -2.27. The molecule has 2 nitrogen and oxygen atoms in total. The van der Waals surface area contributed by atoms with Crippen LogP contribution in [-0.4, -0.2) is 23.0 Å². The minimum absolute atomic E-state index is 1.04. The number of rotatable bonds is 2. The van der Waals surface area contributed by atoms with Crippen molar-refractivity contribution < 1.29 is 0 Å². The highest BCUT2D eigenvalue weighted by molar-refractivity contribution is 9.11. The minimum atomic E-state index is 1.04. The first-order valence-electron chi connectivity index (χ1n) is 4.29. The van der Waals surface area contributed by atoms with E-state index in [1.165, 1.54) is 9.36 Å². The van der Waals surface area contributed by atoms with Crippen molar-refractivity contribution in [1.82, 2.24) is 9.88 Å². The summed E-state index contributed by atoms with van der Waals surface area (Å²) in [5.41, 5.74) is 1.89. The van der Waals surface area contributed by atoms with E-state index in [1.54, 1.807) is 11.3 Å². The molecule has 1 aromatic heterocycles. The van der Waals surface area contributed by atoms with Crippen molar-refractivity contribution >= 4 is 27.3 Å². The lowest BCUT2D eigenvalue weighted by molar-refractivity contribution is 0.291. The van der Waals surface area contributed by atoms with Crippen LogP contribution < -0.4 is 0 Å². The van der Waals surface area contributed by atoms with Gasteiger partial charge >= 0.3 is 0 Å². The van der Waals surface area contributed by atoms with Gasteiger partial charge < -0.3 is 0 Å². The molecule has 0 unspecified atom stereocenters. The monoisotopic (exact) mass is 258 g/mol. The normalized spacial score (nSPS) is 18.7. The number of halogens is 1. The highest BCUT2D eigenvalue weighted by Gasteiger charge is 2.11. The number of hydrogen-bond acceptors (Lipinski definition) is 3. The molecule has 2 rings (SSSR count). The van der Waals surface area contributed by atoms with Crippen molar-refractivity contribution in [3.8, 4) is 0 Å². The van der Waals surface area contributed by atoms with Crippen LogP contribution >= 0.6 is 27.3 Å². The van der Waals surface area contributed by atoms with Gasteiger partial charge in [0, 0.05) is 35.2 Å². The maximum atomic E-state index is 4.07. The van der Waals surface area contributed by atoms with Crippen molar-refractivity contribution in [3.05, 3.63) is 27.1 Å². The van der Waals surface area contributed by atoms with Gasteiger partial charge in [0.05, 0.1) is 5.51 Å². The topological polar surface area (TPSA) is 16.1 Å². The zero-order valence-corrected chi connectivity index (χ0v) is 9.64. The highest BCUT2D eigenvalue weighted by Crippen LogP contribution is 2.18. The smallest absolute Gasteiger partial charge is 0.0794 e. The first-order chi connectivity index (χ1) is 6.34. The van der Waals surface area contributed by atoms with Crippen molar-refractivity contribution in [2.45, 2.75) is 13.0 Å². The van der Waals surface area contributed by atoms with E-state index in [-0.39, 0.29) is 0 Å². The Morgan fingerprint density at radius 3 is 3.23 bits per heavy atom. The van der Waals surface area contributed by atoms with Gasteiger partial charge in [-0.2, -0.15) is 0 Å². The summed E-state index contributed by atoms with van der Waals surface area (Å²) >= 11 is 5.27. The third-order valence-corrected chi connectivity index (χ3v) is 3.39. The Morgan fingerprint density at radius 2 is 2.54 bits per heavy atom. The Morgan fingerprint density at radius 1 is 1.62 bits per heavy atom. The molecule has 0 spiro atoms. The average molecular weight is 259 g/mol. The SMILES string of the molecule is BrC1=CCCN(Cc2cncs2)C1. The third-order valence-electron chi connectivity index (χ3n) is 2.05.